The predicted molar refractivity (Wildman–Crippen MR) is 452 cm³/mol. The Hall–Kier alpha value is -10.6. The molecule has 4 aromatic heterocycles. The fourth-order valence-corrected chi connectivity index (χ4v) is 13.5. The molecule has 8 atom stereocenters. The lowest BCUT2D eigenvalue weighted by atomic mass is 9.59. The molecule has 42 heteroatoms. The Labute approximate surface area is 707 Å². The number of nitrogens with zero attached hydrogens (tertiary/aromatic N) is 8. The summed E-state index contributed by atoms with van der Waals surface area (Å²) in [7, 11) is -10.5. The first-order chi connectivity index (χ1) is 57.7. The molecule has 0 aliphatic carbocycles. The maximum Gasteiger partial charge on any atom is 0.610 e. The highest BCUT2D eigenvalue weighted by atomic mass is 16.8. The molecular formula is C79H102B8N14O20. The maximum absolute atomic E-state index is 14.2. The normalized spacial score (nSPS) is 15.3. The zero-order chi connectivity index (χ0) is 86.0. The van der Waals surface area contributed by atoms with Crippen LogP contribution in [-0.2, 0) is 81.4 Å². The van der Waals surface area contributed by atoms with Crippen LogP contribution in [0.5, 0.6) is 0 Å². The first kappa shape index (κ1) is 95.9. The van der Waals surface area contributed by atoms with Gasteiger partial charge in [-0.1, -0.05) is 184 Å². The van der Waals surface area contributed by atoms with Gasteiger partial charge in [0.1, 0.15) is 34.9 Å². The van der Waals surface area contributed by atoms with Crippen LogP contribution in [0.25, 0.3) is 0 Å². The largest absolute Gasteiger partial charge is 0.610 e. The molecule has 0 spiro atoms. The number of benzene rings is 4. The maximum atomic E-state index is 14.2. The van der Waals surface area contributed by atoms with Crippen molar-refractivity contribution in [3.63, 3.8) is 0 Å². The first-order valence-electron chi connectivity index (χ1n) is 39.7. The van der Waals surface area contributed by atoms with Crippen molar-refractivity contribution in [2.24, 2.45) is 23.7 Å². The molecule has 3 saturated heterocycles. The number of ketones is 2. The average Bonchev–Trinajstić information content (AvgIpc) is 0.820. The van der Waals surface area contributed by atoms with E-state index in [4.69, 9.17) is 32.0 Å². The molecule has 0 bridgehead atoms. The number of carbonyl (C=O) groups excluding carboxylic acids is 8. The summed E-state index contributed by atoms with van der Waals surface area (Å²) >= 11 is 0. The van der Waals surface area contributed by atoms with Gasteiger partial charge in [-0.3, -0.25) is 58.3 Å². The van der Waals surface area contributed by atoms with E-state index in [2.05, 4.69) is 76.3 Å². The predicted octanol–water partition coefficient (Wildman–Crippen LogP) is 4.85. The third kappa shape index (κ3) is 32.4. The van der Waals surface area contributed by atoms with E-state index in [1.165, 1.54) is 74.4 Å². The summed E-state index contributed by atoms with van der Waals surface area (Å²) in [5.74, 6) is -5.34. The molecule has 632 valence electrons. The standard InChI is InChI=1S/C39H48B3N7O8.C20H25B2N3O5.C19H25B3N4O7.CH4/c1-26(2)19-30(23-35(50)31(21-28-11-7-5-8-12-28)47-38(52)33-24-43-15-17-45-33)40-55-41(57-42(54)56-40)36(20-27(3)4)49-37(51)32(22-29-13-9-6-10-14-29)48-39(53)34-25-44-16-18-46-34;1-14(2)10-16(21-29-22(28)30-21)12-19(26)17(11-15-6-4-3-5-7-15)25-20(27)18-13-23-8-9-24-18;1-13(2)10-17(20-31-21(29)33-22(30)32-20)26-18(27)15(11-14-6-4-3-5-7-14)25-19(28)16-12-23-8-9-24-16;/h5-18,24-27,30-32,36,54H,19-23H2,1-4H3,(H,47,52)(H,48,53)(H,49,51);3-9,13-14,16-17,28H,10-12H2,1-2H3,(H,25,27);3-9,12-13,15,17,29-30H,10-11H2,1-2H3,(H,25,28)(H,26,27);1H4. The molecule has 10 N–H and O–H groups in total. The Kier molecular flexibility index (Phi) is 39.1. The Bertz CT molecular complexity index is 4350. The van der Waals surface area contributed by atoms with E-state index in [0.29, 0.717) is 38.0 Å². The minimum absolute atomic E-state index is 0. The van der Waals surface area contributed by atoms with Crippen molar-refractivity contribution in [2.45, 2.75) is 175 Å². The van der Waals surface area contributed by atoms with Gasteiger partial charge in [0.2, 0.25) is 11.8 Å². The van der Waals surface area contributed by atoms with Crippen molar-refractivity contribution in [1.29, 1.82) is 0 Å². The molecule has 3 aliphatic heterocycles. The molecule has 4 aromatic carbocycles. The van der Waals surface area contributed by atoms with Gasteiger partial charge in [0.15, 0.2) is 11.6 Å². The molecule has 3 aliphatic rings. The SMILES string of the molecule is C.CC(C)CC(CC(=O)C(Cc1ccccc1)NC(=O)c1cnccn1)B1OB(O)O1.CC(C)CC(CC(=O)C(Cc1ccccc1)NC(=O)c1cnccn1)B1OB(O)OB(C(CC(C)C)NC(=O)C(Cc2ccccc2)NC(=O)c2cnccn2)O1.CC(C)CC(NC(=O)C(Cc1ccccc1)NC(=O)c1cnccn1)B1OB(O)OB(O)O1. The Balaban J connectivity index is 0.000000242. The lowest BCUT2D eigenvalue weighted by molar-refractivity contribution is -0.124. The zero-order valence-corrected chi connectivity index (χ0v) is 68.0. The van der Waals surface area contributed by atoms with E-state index in [0.717, 1.165) is 22.3 Å². The molecule has 0 radical (unpaired) electrons. The van der Waals surface area contributed by atoms with Crippen molar-refractivity contribution in [3.05, 3.63) is 241 Å². The summed E-state index contributed by atoms with van der Waals surface area (Å²) < 4.78 is 43.4. The van der Waals surface area contributed by atoms with E-state index < -0.39 is 135 Å². The van der Waals surface area contributed by atoms with Gasteiger partial charge >= 0.3 is 57.8 Å². The van der Waals surface area contributed by atoms with Crippen molar-refractivity contribution >= 4 is 105 Å². The minimum Gasteiger partial charge on any atom is -0.451 e. The van der Waals surface area contributed by atoms with Gasteiger partial charge in [-0.05, 0) is 96.1 Å². The van der Waals surface area contributed by atoms with Crippen LogP contribution in [-0.4, -0.2) is 201 Å². The fraction of sp³-hybridized carbons (Fsp3) is 0.392. The molecule has 34 nitrogen and oxygen atoms in total. The van der Waals surface area contributed by atoms with Gasteiger partial charge in [0, 0.05) is 75.3 Å². The lowest BCUT2D eigenvalue weighted by Crippen LogP contribution is -2.62. The first-order valence-corrected chi connectivity index (χ1v) is 39.7. The highest BCUT2D eigenvalue weighted by molar-refractivity contribution is 6.73. The van der Waals surface area contributed by atoms with E-state index in [9.17, 15) is 58.5 Å². The lowest BCUT2D eigenvalue weighted by Gasteiger charge is -2.37. The molecule has 8 aromatic rings. The molecular weight excluding hydrogens is 1550 g/mol. The van der Waals surface area contributed by atoms with Crippen LogP contribution < -0.4 is 31.9 Å². The number of hydrogen-bond acceptors (Lipinski definition) is 28. The van der Waals surface area contributed by atoms with Crippen LogP contribution in [0, 0.1) is 23.7 Å². The Morgan fingerprint density at radius 2 is 0.562 bits per heavy atom. The van der Waals surface area contributed by atoms with E-state index >= 15 is 0 Å². The van der Waals surface area contributed by atoms with Crippen molar-refractivity contribution in [2.75, 3.05) is 0 Å². The number of Topliss-reactive ketones (excluding diaryl/α,β-unsaturated/α-hetero) is 2. The Morgan fingerprint density at radius 1 is 0.314 bits per heavy atom. The summed E-state index contributed by atoms with van der Waals surface area (Å²) in [6.07, 6.45) is 19.7. The summed E-state index contributed by atoms with van der Waals surface area (Å²) in [5, 5.41) is 56.5. The molecule has 7 heterocycles. The van der Waals surface area contributed by atoms with Gasteiger partial charge < -0.3 is 88.6 Å². The number of amides is 6. The second-order valence-electron chi connectivity index (χ2n) is 30.6. The van der Waals surface area contributed by atoms with Crippen LogP contribution in [0.15, 0.2) is 196 Å². The van der Waals surface area contributed by atoms with Crippen LogP contribution in [0.4, 0.5) is 0 Å². The molecule has 6 amide bonds. The molecule has 8 unspecified atom stereocenters. The van der Waals surface area contributed by atoms with E-state index in [-0.39, 0.29) is 97.4 Å². The monoisotopic (exact) mass is 1650 g/mol. The van der Waals surface area contributed by atoms with Gasteiger partial charge in [0.25, 0.3) is 23.6 Å². The zero-order valence-electron chi connectivity index (χ0n) is 68.0. The van der Waals surface area contributed by atoms with Gasteiger partial charge in [-0.25, -0.2) is 19.9 Å². The smallest absolute Gasteiger partial charge is 0.451 e. The van der Waals surface area contributed by atoms with Crippen LogP contribution in [0.1, 0.15) is 166 Å². The van der Waals surface area contributed by atoms with Gasteiger partial charge in [-0.2, -0.15) is 0 Å². The van der Waals surface area contributed by atoms with Crippen LogP contribution >= 0.6 is 0 Å². The third-order valence-electron chi connectivity index (χ3n) is 19.0. The third-order valence-corrected chi connectivity index (χ3v) is 19.0. The fourth-order valence-electron chi connectivity index (χ4n) is 13.5. The minimum atomic E-state index is -1.74. The quantitative estimate of drug-likeness (QED) is 0.0231. The number of aromatic nitrogens is 8. The summed E-state index contributed by atoms with van der Waals surface area (Å²) in [6.45, 7) is 15.9. The molecule has 0 saturated carbocycles. The summed E-state index contributed by atoms with van der Waals surface area (Å²) in [4.78, 5) is 138. The topological polar surface area (TPSA) is 467 Å². The van der Waals surface area contributed by atoms with Crippen molar-refractivity contribution < 1.29 is 95.0 Å². The van der Waals surface area contributed by atoms with E-state index in [1.807, 2.05) is 177 Å². The number of hydrogen-bond donors (Lipinski definition) is 10. The van der Waals surface area contributed by atoms with Gasteiger partial charge in [-0.15, -0.1) is 0 Å². The van der Waals surface area contributed by atoms with Crippen molar-refractivity contribution in [3.8, 4) is 0 Å². The second kappa shape index (κ2) is 49.3. The van der Waals surface area contributed by atoms with Crippen molar-refractivity contribution in [1.82, 2.24) is 71.8 Å². The Morgan fingerprint density at radius 3 is 0.835 bits per heavy atom. The van der Waals surface area contributed by atoms with Crippen LogP contribution in [0.2, 0.25) is 11.6 Å². The highest BCUT2D eigenvalue weighted by Gasteiger charge is 2.51. The van der Waals surface area contributed by atoms with Crippen LogP contribution in [0.3, 0.4) is 0 Å². The summed E-state index contributed by atoms with van der Waals surface area (Å²) in [6, 6.07) is 33.7. The molecule has 121 heavy (non-hydrogen) atoms. The highest BCUT2D eigenvalue weighted by Crippen LogP contribution is 2.34. The average molecular weight is 1650 g/mol. The molecule has 3 fully saturated rings. The number of nitrogens with one attached hydrogen (secondary N) is 6. The van der Waals surface area contributed by atoms with Gasteiger partial charge in [0.05, 0.1) is 48.8 Å². The second-order valence-corrected chi connectivity index (χ2v) is 30.6. The number of carbonyl (C=O) groups is 8. The van der Waals surface area contributed by atoms with E-state index in [1.54, 1.807) is 0 Å². The summed E-state index contributed by atoms with van der Waals surface area (Å²) in [5.41, 5.74) is 3.77. The number of rotatable bonds is 38. The molecule has 11 rings (SSSR count).